The number of hydrogen-bond donors (Lipinski definition) is 1. The number of cyclic esters (lactones) is 1. The monoisotopic (exact) mass is 323 g/mol. The van der Waals surface area contributed by atoms with Gasteiger partial charge in [0.15, 0.2) is 0 Å². The van der Waals surface area contributed by atoms with Crippen molar-refractivity contribution >= 4 is 12.0 Å². The van der Waals surface area contributed by atoms with Gasteiger partial charge < -0.3 is 9.84 Å². The average molecular weight is 323 g/mol. The molecule has 130 valence electrons. The van der Waals surface area contributed by atoms with Gasteiger partial charge in [-0.3, -0.25) is 4.79 Å². The molecular formula is C18H29NO4. The fourth-order valence-electron chi connectivity index (χ4n) is 2.68. The van der Waals surface area contributed by atoms with Crippen molar-refractivity contribution in [3.8, 4) is 0 Å². The van der Waals surface area contributed by atoms with E-state index in [0.29, 0.717) is 24.3 Å². The number of imide groups is 1. The van der Waals surface area contributed by atoms with E-state index in [4.69, 9.17) is 4.74 Å². The fourth-order valence-corrected chi connectivity index (χ4v) is 2.68. The lowest BCUT2D eigenvalue weighted by Crippen LogP contribution is -2.45. The number of hydrogen-bond acceptors (Lipinski definition) is 4. The Kier molecular flexibility index (Phi) is 7.49. The maximum Gasteiger partial charge on any atom is 0.416 e. The van der Waals surface area contributed by atoms with Crippen molar-refractivity contribution in [2.45, 2.75) is 46.1 Å². The predicted molar refractivity (Wildman–Crippen MR) is 89.7 cm³/mol. The van der Waals surface area contributed by atoms with E-state index >= 15 is 0 Å². The van der Waals surface area contributed by atoms with E-state index in [2.05, 4.69) is 13.2 Å². The molecule has 5 nitrogen and oxygen atoms in total. The first-order valence-corrected chi connectivity index (χ1v) is 8.21. The van der Waals surface area contributed by atoms with Crippen LogP contribution >= 0.6 is 0 Å². The van der Waals surface area contributed by atoms with Crippen molar-refractivity contribution in [1.29, 1.82) is 0 Å². The Balaban J connectivity index is 2.89. The molecule has 1 aliphatic rings. The van der Waals surface area contributed by atoms with Crippen molar-refractivity contribution in [2.24, 2.45) is 17.8 Å². The molecule has 0 saturated carbocycles. The zero-order valence-corrected chi connectivity index (χ0v) is 14.5. The summed E-state index contributed by atoms with van der Waals surface area (Å²) in [7, 11) is 0. The highest BCUT2D eigenvalue weighted by atomic mass is 16.6. The topological polar surface area (TPSA) is 66.8 Å². The van der Waals surface area contributed by atoms with E-state index < -0.39 is 6.09 Å². The number of allylic oxidation sites excluding steroid dienone is 1. The molecule has 1 fully saturated rings. The van der Waals surface area contributed by atoms with Crippen LogP contribution in [0.4, 0.5) is 4.79 Å². The highest BCUT2D eigenvalue weighted by molar-refractivity contribution is 5.95. The predicted octanol–water partition coefficient (Wildman–Crippen LogP) is 3.15. The minimum atomic E-state index is -0.565. The molecule has 1 saturated heterocycles. The third-order valence-electron chi connectivity index (χ3n) is 4.39. The first-order valence-electron chi connectivity index (χ1n) is 8.21. The van der Waals surface area contributed by atoms with Crippen LogP contribution in [0.5, 0.6) is 0 Å². The normalized spacial score (nSPS) is 20.3. The molecular weight excluding hydrogens is 294 g/mol. The largest absolute Gasteiger partial charge is 0.447 e. The number of rotatable bonds is 9. The van der Waals surface area contributed by atoms with Crippen LogP contribution in [-0.2, 0) is 9.53 Å². The summed E-state index contributed by atoms with van der Waals surface area (Å²) in [5.74, 6) is -0.167. The summed E-state index contributed by atoms with van der Waals surface area (Å²) >= 11 is 0. The molecule has 0 bridgehead atoms. The van der Waals surface area contributed by atoms with Crippen molar-refractivity contribution in [1.82, 2.24) is 4.90 Å². The van der Waals surface area contributed by atoms with Gasteiger partial charge in [0, 0.05) is 5.92 Å². The molecule has 0 aromatic heterocycles. The lowest BCUT2D eigenvalue weighted by molar-refractivity contribution is -0.134. The SMILES string of the molecule is C=C[C@H](C)CC[C@H](CC(=C)CO)C(=O)N1C(=O)OC[C@@H]1C(C)C. The van der Waals surface area contributed by atoms with Gasteiger partial charge in [-0.05, 0) is 31.1 Å². The number of carbonyl (C=O) groups is 2. The van der Waals surface area contributed by atoms with Crippen LogP contribution in [0.15, 0.2) is 24.8 Å². The molecule has 0 radical (unpaired) electrons. The number of aliphatic hydroxyl groups is 1. The molecule has 0 aromatic carbocycles. The third kappa shape index (κ3) is 5.20. The van der Waals surface area contributed by atoms with E-state index in [9.17, 15) is 14.7 Å². The van der Waals surface area contributed by atoms with Gasteiger partial charge in [0.1, 0.15) is 6.61 Å². The molecule has 0 aromatic rings. The first-order chi connectivity index (χ1) is 10.8. The van der Waals surface area contributed by atoms with Gasteiger partial charge in [-0.2, -0.15) is 0 Å². The molecule has 1 aliphatic heterocycles. The Morgan fingerprint density at radius 1 is 1.43 bits per heavy atom. The summed E-state index contributed by atoms with van der Waals surface area (Å²) in [5.41, 5.74) is 0.600. The van der Waals surface area contributed by atoms with Gasteiger partial charge in [0.25, 0.3) is 0 Å². The summed E-state index contributed by atoms with van der Waals surface area (Å²) in [6.07, 6.45) is 3.09. The van der Waals surface area contributed by atoms with Crippen LogP contribution < -0.4 is 0 Å². The van der Waals surface area contributed by atoms with Crippen LogP contribution in [0.2, 0.25) is 0 Å². The van der Waals surface area contributed by atoms with Crippen LogP contribution in [0, 0.1) is 17.8 Å². The van der Waals surface area contributed by atoms with Crippen LogP contribution in [0.3, 0.4) is 0 Å². The molecule has 3 atom stereocenters. The molecule has 1 N–H and O–H groups in total. The Bertz CT molecular complexity index is 458. The molecule has 0 unspecified atom stereocenters. The molecule has 0 aliphatic carbocycles. The highest BCUT2D eigenvalue weighted by Gasteiger charge is 2.41. The number of amides is 2. The molecule has 5 heteroatoms. The molecule has 1 rings (SSSR count). The summed E-state index contributed by atoms with van der Waals surface area (Å²) in [6, 6.07) is -0.225. The zero-order valence-electron chi connectivity index (χ0n) is 14.5. The van der Waals surface area contributed by atoms with Crippen molar-refractivity contribution in [3.63, 3.8) is 0 Å². The first kappa shape index (κ1) is 19.4. The van der Waals surface area contributed by atoms with Gasteiger partial charge >= 0.3 is 6.09 Å². The lowest BCUT2D eigenvalue weighted by Gasteiger charge is -2.27. The maximum atomic E-state index is 12.9. The number of ether oxygens (including phenoxy) is 1. The summed E-state index contributed by atoms with van der Waals surface area (Å²) in [6.45, 7) is 13.6. The minimum Gasteiger partial charge on any atom is -0.447 e. The third-order valence-corrected chi connectivity index (χ3v) is 4.39. The van der Waals surface area contributed by atoms with Crippen molar-refractivity contribution in [3.05, 3.63) is 24.8 Å². The lowest BCUT2D eigenvalue weighted by atomic mass is 9.90. The molecule has 23 heavy (non-hydrogen) atoms. The molecule has 2 amide bonds. The Labute approximate surface area is 139 Å². The highest BCUT2D eigenvalue weighted by Crippen LogP contribution is 2.27. The van der Waals surface area contributed by atoms with Gasteiger partial charge in [-0.1, -0.05) is 39.0 Å². The van der Waals surface area contributed by atoms with E-state index in [1.54, 1.807) is 0 Å². The van der Waals surface area contributed by atoms with Crippen LogP contribution in [-0.4, -0.2) is 41.3 Å². The standard InChI is InChI=1S/C18H29NO4/c1-6-13(4)7-8-15(9-14(5)10-20)17(21)19-16(12(2)3)11-23-18(19)22/h6,12-13,15-16,20H,1,5,7-11H2,2-4H3/t13-,15+,16+/m0/s1. The van der Waals surface area contributed by atoms with Gasteiger partial charge in [-0.25, -0.2) is 9.69 Å². The zero-order chi connectivity index (χ0) is 17.6. The quantitative estimate of drug-likeness (QED) is 0.662. The van der Waals surface area contributed by atoms with Gasteiger partial charge in [0.2, 0.25) is 5.91 Å². The summed E-state index contributed by atoms with van der Waals surface area (Å²) < 4.78 is 5.07. The van der Waals surface area contributed by atoms with Crippen LogP contribution in [0.25, 0.3) is 0 Å². The summed E-state index contributed by atoms with van der Waals surface area (Å²) in [4.78, 5) is 26.1. The van der Waals surface area contributed by atoms with E-state index in [1.165, 1.54) is 4.90 Å². The average Bonchev–Trinajstić information content (AvgIpc) is 2.91. The Morgan fingerprint density at radius 3 is 2.61 bits per heavy atom. The second kappa shape index (κ2) is 8.87. The Hall–Kier alpha value is -1.62. The molecule has 1 heterocycles. The molecule has 0 spiro atoms. The van der Waals surface area contributed by atoms with E-state index in [1.807, 2.05) is 26.8 Å². The van der Waals surface area contributed by atoms with Gasteiger partial charge in [0.05, 0.1) is 12.6 Å². The number of aliphatic hydroxyl groups excluding tert-OH is 1. The Morgan fingerprint density at radius 2 is 2.09 bits per heavy atom. The summed E-state index contributed by atoms with van der Waals surface area (Å²) in [5, 5.41) is 9.21. The fraction of sp³-hybridized carbons (Fsp3) is 0.667. The maximum absolute atomic E-state index is 12.9. The van der Waals surface area contributed by atoms with E-state index in [0.717, 1.165) is 6.42 Å². The number of carbonyl (C=O) groups excluding carboxylic acids is 2. The second-order valence-corrected chi connectivity index (χ2v) is 6.70. The second-order valence-electron chi connectivity index (χ2n) is 6.70. The van der Waals surface area contributed by atoms with Crippen molar-refractivity contribution in [2.75, 3.05) is 13.2 Å². The number of nitrogens with zero attached hydrogens (tertiary/aromatic N) is 1. The van der Waals surface area contributed by atoms with Crippen molar-refractivity contribution < 1.29 is 19.4 Å². The minimum absolute atomic E-state index is 0.138. The van der Waals surface area contributed by atoms with E-state index in [-0.39, 0.29) is 37.0 Å². The van der Waals surface area contributed by atoms with Gasteiger partial charge in [-0.15, -0.1) is 6.58 Å². The smallest absolute Gasteiger partial charge is 0.416 e. The van der Waals surface area contributed by atoms with Crippen LogP contribution in [0.1, 0.15) is 40.0 Å².